The lowest BCUT2D eigenvalue weighted by Crippen LogP contribution is -2.18. The van der Waals surface area contributed by atoms with E-state index in [-0.39, 0.29) is 23.7 Å². The Morgan fingerprint density at radius 1 is 1.09 bits per heavy atom. The van der Waals surface area contributed by atoms with Crippen LogP contribution < -0.4 is 14.8 Å². The van der Waals surface area contributed by atoms with Crippen LogP contribution in [-0.4, -0.2) is 33.5 Å². The number of nitrogens with zero attached hydrogens (tertiary/aromatic N) is 3. The summed E-state index contributed by atoms with van der Waals surface area (Å²) in [6.45, 7) is 11.1. The van der Waals surface area contributed by atoms with Crippen LogP contribution >= 0.6 is 27.7 Å². The molecule has 1 atom stereocenters. The van der Waals surface area contributed by atoms with E-state index in [2.05, 4.69) is 59.1 Å². The minimum Gasteiger partial charge on any atom is -0.493 e. The van der Waals surface area contributed by atoms with E-state index in [0.717, 1.165) is 22.3 Å². The van der Waals surface area contributed by atoms with Gasteiger partial charge in [0.15, 0.2) is 28.6 Å². The van der Waals surface area contributed by atoms with Crippen LogP contribution in [0.4, 0.5) is 5.69 Å². The van der Waals surface area contributed by atoms with Crippen molar-refractivity contribution in [2.45, 2.75) is 58.3 Å². The number of hydrogen-bond acceptors (Lipinski definition) is 6. The summed E-state index contributed by atoms with van der Waals surface area (Å²) in [6.07, 6.45) is -0.350. The Morgan fingerprint density at radius 3 is 2.46 bits per heavy atom. The van der Waals surface area contributed by atoms with Gasteiger partial charge in [0.05, 0.1) is 12.9 Å². The number of hydrogen-bond donors (Lipinski definition) is 1. The third-order valence-corrected chi connectivity index (χ3v) is 6.73. The van der Waals surface area contributed by atoms with E-state index < -0.39 is 0 Å². The predicted octanol–water partition coefficient (Wildman–Crippen LogP) is 6.70. The maximum Gasteiger partial charge on any atom is 0.234 e. The van der Waals surface area contributed by atoms with Crippen molar-refractivity contribution < 1.29 is 14.3 Å². The number of methoxy groups -OCH3 is 1. The second-order valence-corrected chi connectivity index (χ2v) is 10.8. The molecule has 0 saturated heterocycles. The van der Waals surface area contributed by atoms with Crippen LogP contribution in [0.2, 0.25) is 0 Å². The highest BCUT2D eigenvalue weighted by Gasteiger charge is 2.22. The normalized spacial score (nSPS) is 12.1. The van der Waals surface area contributed by atoms with Gasteiger partial charge in [0.1, 0.15) is 0 Å². The largest absolute Gasteiger partial charge is 0.493 e. The first kappa shape index (κ1) is 27.1. The highest BCUT2D eigenvalue weighted by molar-refractivity contribution is 9.10. The van der Waals surface area contributed by atoms with E-state index in [1.54, 1.807) is 7.11 Å². The third kappa shape index (κ3) is 7.24. The molecule has 1 aromatic heterocycles. The lowest BCUT2D eigenvalue weighted by molar-refractivity contribution is -0.113. The molecule has 3 rings (SSSR count). The number of anilines is 1. The fraction of sp³-hybridized carbons (Fsp3) is 0.423. The Morgan fingerprint density at radius 2 is 1.80 bits per heavy atom. The second-order valence-electron chi connectivity index (χ2n) is 8.98. The van der Waals surface area contributed by atoms with E-state index in [9.17, 15) is 4.79 Å². The summed E-state index contributed by atoms with van der Waals surface area (Å²) < 4.78 is 14.6. The molecule has 1 N–H and O–H groups in total. The minimum absolute atomic E-state index is 0.0850. The van der Waals surface area contributed by atoms with E-state index in [4.69, 9.17) is 9.47 Å². The number of thioether (sulfide) groups is 1. The van der Waals surface area contributed by atoms with Gasteiger partial charge in [0.2, 0.25) is 5.91 Å². The molecule has 0 aliphatic heterocycles. The molecular formula is C26H33BrN4O3S. The summed E-state index contributed by atoms with van der Waals surface area (Å²) in [5.41, 5.74) is 1.92. The van der Waals surface area contributed by atoms with Crippen LogP contribution in [0, 0.1) is 5.92 Å². The molecule has 35 heavy (non-hydrogen) atoms. The first-order valence-electron chi connectivity index (χ1n) is 11.6. The molecule has 7 nitrogen and oxygen atoms in total. The van der Waals surface area contributed by atoms with Gasteiger partial charge in [0, 0.05) is 16.7 Å². The van der Waals surface area contributed by atoms with E-state index in [1.807, 2.05) is 54.0 Å². The Bertz CT molecular complexity index is 1150. The number of carbonyl (C=O) groups is 1. The summed E-state index contributed by atoms with van der Waals surface area (Å²) in [5, 5.41) is 12.6. The minimum atomic E-state index is -0.350. The van der Waals surface area contributed by atoms with Gasteiger partial charge in [-0.15, -0.1) is 10.2 Å². The molecule has 0 aliphatic carbocycles. The maximum absolute atomic E-state index is 12.8. The van der Waals surface area contributed by atoms with Crippen LogP contribution in [0.5, 0.6) is 11.5 Å². The predicted molar refractivity (Wildman–Crippen MR) is 144 cm³/mol. The van der Waals surface area contributed by atoms with Crippen molar-refractivity contribution >= 4 is 39.3 Å². The van der Waals surface area contributed by atoms with Crippen LogP contribution in [0.15, 0.2) is 52.1 Å². The monoisotopic (exact) mass is 560 g/mol. The molecule has 9 heteroatoms. The Kier molecular flexibility index (Phi) is 9.63. The van der Waals surface area contributed by atoms with Gasteiger partial charge in [0.25, 0.3) is 0 Å². The van der Waals surface area contributed by atoms with Gasteiger partial charge in [-0.2, -0.15) is 0 Å². The summed E-state index contributed by atoms with van der Waals surface area (Å²) >= 11 is 4.88. The van der Waals surface area contributed by atoms with Crippen molar-refractivity contribution in [2.24, 2.45) is 5.92 Å². The number of amides is 1. The average Bonchev–Trinajstić information content (AvgIpc) is 3.20. The van der Waals surface area contributed by atoms with Gasteiger partial charge in [-0.3, -0.25) is 4.79 Å². The number of ether oxygens (including phenoxy) is 2. The highest BCUT2D eigenvalue weighted by Crippen LogP contribution is 2.32. The standard InChI is InChI=1S/C26H33BrN4O3S/c1-16(2)14-31-25(18(5)34-23-10-8-7-9-22(23)33-6)29-30-26(31)35-15-24(32)28-21-12-11-19(27)13-20(21)17(3)4/h7-13,16-18H,14-15H2,1-6H3,(H,28,32). The summed E-state index contributed by atoms with van der Waals surface area (Å²) in [5.74, 6) is 2.82. The Balaban J connectivity index is 1.74. The lowest BCUT2D eigenvalue weighted by Gasteiger charge is -2.19. The van der Waals surface area contributed by atoms with Crippen molar-refractivity contribution in [3.63, 3.8) is 0 Å². The molecule has 2 aromatic carbocycles. The number of benzene rings is 2. The number of nitrogens with one attached hydrogen (secondary N) is 1. The fourth-order valence-electron chi connectivity index (χ4n) is 3.65. The van der Waals surface area contributed by atoms with Gasteiger partial charge >= 0.3 is 0 Å². The average molecular weight is 562 g/mol. The molecule has 0 saturated carbocycles. The van der Waals surface area contributed by atoms with Crippen molar-refractivity contribution in [1.82, 2.24) is 14.8 Å². The lowest BCUT2D eigenvalue weighted by atomic mass is 10.0. The molecule has 3 aromatic rings. The number of halogens is 1. The molecule has 1 amide bonds. The first-order valence-corrected chi connectivity index (χ1v) is 13.4. The zero-order chi connectivity index (χ0) is 25.5. The van der Waals surface area contributed by atoms with Gasteiger partial charge in [-0.05, 0) is 54.7 Å². The maximum atomic E-state index is 12.8. The fourth-order valence-corrected chi connectivity index (χ4v) is 4.78. The quantitative estimate of drug-likeness (QED) is 0.263. The van der Waals surface area contributed by atoms with E-state index in [1.165, 1.54) is 11.8 Å². The smallest absolute Gasteiger partial charge is 0.234 e. The number of rotatable bonds is 11. The Labute approximate surface area is 220 Å². The van der Waals surface area contributed by atoms with Crippen LogP contribution in [0.1, 0.15) is 58.0 Å². The van der Waals surface area contributed by atoms with Gasteiger partial charge in [-0.1, -0.05) is 67.5 Å². The second kappa shape index (κ2) is 12.4. The summed E-state index contributed by atoms with van der Waals surface area (Å²) in [4.78, 5) is 12.8. The molecule has 0 aliphatic rings. The number of carbonyl (C=O) groups excluding carboxylic acids is 1. The first-order chi connectivity index (χ1) is 16.7. The zero-order valence-corrected chi connectivity index (χ0v) is 23.4. The zero-order valence-electron chi connectivity index (χ0n) is 21.0. The van der Waals surface area contributed by atoms with Gasteiger partial charge in [-0.25, -0.2) is 0 Å². The molecule has 1 heterocycles. The van der Waals surface area contributed by atoms with E-state index in [0.29, 0.717) is 28.4 Å². The van der Waals surface area contributed by atoms with Crippen molar-refractivity contribution in [2.75, 3.05) is 18.2 Å². The summed E-state index contributed by atoms with van der Waals surface area (Å²) in [7, 11) is 1.62. The molecule has 1 unspecified atom stereocenters. The van der Waals surface area contributed by atoms with Crippen molar-refractivity contribution in [3.05, 3.63) is 58.3 Å². The van der Waals surface area contributed by atoms with Crippen LogP contribution in [0.3, 0.4) is 0 Å². The van der Waals surface area contributed by atoms with Crippen LogP contribution in [0.25, 0.3) is 0 Å². The molecular weight excluding hydrogens is 528 g/mol. The van der Waals surface area contributed by atoms with Crippen LogP contribution in [-0.2, 0) is 11.3 Å². The van der Waals surface area contributed by atoms with E-state index >= 15 is 0 Å². The molecule has 0 radical (unpaired) electrons. The van der Waals surface area contributed by atoms with Crippen molar-refractivity contribution in [3.8, 4) is 11.5 Å². The molecule has 0 bridgehead atoms. The number of para-hydroxylation sites is 2. The SMILES string of the molecule is COc1ccccc1OC(C)c1nnc(SCC(=O)Nc2ccc(Br)cc2C(C)C)n1CC(C)C. The third-order valence-electron chi connectivity index (χ3n) is 5.27. The Hall–Kier alpha value is -2.52. The molecule has 0 spiro atoms. The topological polar surface area (TPSA) is 78.3 Å². The molecule has 0 fully saturated rings. The molecule has 188 valence electrons. The number of aromatic nitrogens is 3. The van der Waals surface area contributed by atoms with Gasteiger partial charge < -0.3 is 19.4 Å². The summed E-state index contributed by atoms with van der Waals surface area (Å²) in [6, 6.07) is 13.4. The highest BCUT2D eigenvalue weighted by atomic mass is 79.9. The van der Waals surface area contributed by atoms with Crippen molar-refractivity contribution in [1.29, 1.82) is 0 Å².